The highest BCUT2D eigenvalue weighted by Crippen LogP contribution is 2.11. The molecule has 0 radical (unpaired) electrons. The monoisotopic (exact) mass is 377 g/mol. The molecule has 0 saturated carbocycles. The number of rotatable bonds is 3. The van der Waals surface area contributed by atoms with Crippen molar-refractivity contribution in [2.45, 2.75) is 72.6 Å². The van der Waals surface area contributed by atoms with Crippen LogP contribution in [0.15, 0.2) is 29.3 Å². The number of ether oxygens (including phenoxy) is 2. The third-order valence-electron chi connectivity index (χ3n) is 3.15. The zero-order valence-corrected chi connectivity index (χ0v) is 17.3. The van der Waals surface area contributed by atoms with Crippen LogP contribution in [-0.4, -0.2) is 29.3 Å². The Morgan fingerprint density at radius 1 is 0.889 bits per heavy atom. The molecule has 0 aromatic heterocycles. The van der Waals surface area contributed by atoms with E-state index in [1.54, 1.807) is 41.5 Å². The minimum atomic E-state index is -0.707. The maximum absolute atomic E-state index is 12.1. The van der Waals surface area contributed by atoms with Gasteiger partial charge in [0.2, 0.25) is 5.96 Å². The van der Waals surface area contributed by atoms with Crippen molar-refractivity contribution in [2.24, 2.45) is 4.99 Å². The number of alkyl carbamates (subject to hydrolysis) is 2. The summed E-state index contributed by atoms with van der Waals surface area (Å²) < 4.78 is 10.4. The Morgan fingerprint density at radius 3 is 1.74 bits per heavy atom. The highest BCUT2D eigenvalue weighted by molar-refractivity contribution is 6.01. The second-order valence-corrected chi connectivity index (χ2v) is 8.04. The summed E-state index contributed by atoms with van der Waals surface area (Å²) in [5, 5.41) is 4.95. The molecule has 1 aromatic rings. The number of aryl methyl sites for hydroxylation is 1. The first kappa shape index (κ1) is 22.5. The van der Waals surface area contributed by atoms with Crippen molar-refractivity contribution in [2.75, 3.05) is 0 Å². The van der Waals surface area contributed by atoms with E-state index in [-0.39, 0.29) is 5.96 Å². The first-order chi connectivity index (χ1) is 12.4. The van der Waals surface area contributed by atoms with Gasteiger partial charge in [0.05, 0.1) is 6.54 Å². The van der Waals surface area contributed by atoms with Crippen LogP contribution in [0.25, 0.3) is 0 Å². The molecule has 7 nitrogen and oxygen atoms in total. The zero-order chi connectivity index (χ0) is 20.7. The molecule has 0 aliphatic rings. The Bertz CT molecular complexity index is 653. The van der Waals surface area contributed by atoms with Crippen LogP contribution >= 0.6 is 0 Å². The molecule has 0 spiro atoms. The predicted molar refractivity (Wildman–Crippen MR) is 106 cm³/mol. The van der Waals surface area contributed by atoms with Crippen molar-refractivity contribution in [1.29, 1.82) is 0 Å². The number of guanidine groups is 1. The summed E-state index contributed by atoms with van der Waals surface area (Å²) in [7, 11) is 0. The van der Waals surface area contributed by atoms with E-state index in [4.69, 9.17) is 9.47 Å². The first-order valence-electron chi connectivity index (χ1n) is 9.01. The van der Waals surface area contributed by atoms with Gasteiger partial charge in [-0.3, -0.25) is 10.6 Å². The highest BCUT2D eigenvalue weighted by Gasteiger charge is 2.21. The maximum Gasteiger partial charge on any atom is 0.414 e. The third kappa shape index (κ3) is 9.63. The lowest BCUT2D eigenvalue weighted by Gasteiger charge is -2.22. The number of nitrogens with one attached hydrogen (secondary N) is 2. The number of benzene rings is 1. The van der Waals surface area contributed by atoms with Gasteiger partial charge in [-0.1, -0.05) is 31.2 Å². The van der Waals surface area contributed by atoms with Crippen LogP contribution in [-0.2, 0) is 22.4 Å². The average Bonchev–Trinajstić information content (AvgIpc) is 2.49. The molecule has 1 rings (SSSR count). The molecule has 150 valence electrons. The molecule has 0 aliphatic heterocycles. The summed E-state index contributed by atoms with van der Waals surface area (Å²) in [5.41, 5.74) is 0.816. The fourth-order valence-corrected chi connectivity index (χ4v) is 2.13. The molecule has 0 aliphatic carbocycles. The van der Waals surface area contributed by atoms with Gasteiger partial charge in [0.25, 0.3) is 0 Å². The van der Waals surface area contributed by atoms with Gasteiger partial charge in [0, 0.05) is 0 Å². The number of amides is 2. The van der Waals surface area contributed by atoms with E-state index >= 15 is 0 Å². The topological polar surface area (TPSA) is 89.0 Å². The van der Waals surface area contributed by atoms with Crippen LogP contribution in [0, 0.1) is 0 Å². The second kappa shape index (κ2) is 9.39. The second-order valence-electron chi connectivity index (χ2n) is 8.04. The summed E-state index contributed by atoms with van der Waals surface area (Å²) in [6.45, 7) is 12.9. The van der Waals surface area contributed by atoms with E-state index in [9.17, 15) is 9.59 Å². The van der Waals surface area contributed by atoms with E-state index in [1.165, 1.54) is 0 Å². The van der Waals surface area contributed by atoms with Crippen molar-refractivity contribution in [3.05, 3.63) is 35.4 Å². The van der Waals surface area contributed by atoms with Gasteiger partial charge in [-0.05, 0) is 59.1 Å². The highest BCUT2D eigenvalue weighted by atomic mass is 16.6. The largest absolute Gasteiger partial charge is 0.444 e. The van der Waals surface area contributed by atoms with Gasteiger partial charge in [0.15, 0.2) is 0 Å². The molecule has 0 saturated heterocycles. The number of hydrogen-bond acceptors (Lipinski definition) is 5. The van der Waals surface area contributed by atoms with Crippen molar-refractivity contribution >= 4 is 18.1 Å². The normalized spacial score (nSPS) is 11.4. The van der Waals surface area contributed by atoms with Gasteiger partial charge in [-0.25, -0.2) is 14.6 Å². The number of aliphatic imine (C=N–C) groups is 1. The molecule has 1 aromatic carbocycles. The first-order valence-corrected chi connectivity index (χ1v) is 9.01. The molecular formula is C20H31N3O4. The van der Waals surface area contributed by atoms with E-state index < -0.39 is 23.4 Å². The predicted octanol–water partition coefficient (Wildman–Crippen LogP) is 4.15. The summed E-state index contributed by atoms with van der Waals surface area (Å²) in [5.74, 6) is -0.0237. The Morgan fingerprint density at radius 2 is 1.33 bits per heavy atom. The molecule has 7 heteroatoms. The molecule has 2 N–H and O–H groups in total. The van der Waals surface area contributed by atoms with E-state index in [0.29, 0.717) is 6.54 Å². The summed E-state index contributed by atoms with van der Waals surface area (Å²) in [6.07, 6.45) is -0.554. The fourth-order valence-electron chi connectivity index (χ4n) is 2.13. The minimum absolute atomic E-state index is 0.0237. The molecule has 27 heavy (non-hydrogen) atoms. The molecule has 2 amide bonds. The smallest absolute Gasteiger partial charge is 0.414 e. The lowest BCUT2D eigenvalue weighted by atomic mass is 10.1. The fraction of sp³-hybridized carbons (Fsp3) is 0.550. The molecule has 0 fully saturated rings. The van der Waals surface area contributed by atoms with Crippen molar-refractivity contribution < 1.29 is 19.1 Å². The number of carbonyl (C=O) groups is 2. The Labute approximate surface area is 161 Å². The lowest BCUT2D eigenvalue weighted by Crippen LogP contribution is -2.47. The van der Waals surface area contributed by atoms with E-state index in [0.717, 1.165) is 17.5 Å². The summed E-state index contributed by atoms with van der Waals surface area (Å²) >= 11 is 0. The lowest BCUT2D eigenvalue weighted by molar-refractivity contribution is 0.0545. The molecule has 0 heterocycles. The van der Waals surface area contributed by atoms with E-state index in [1.807, 2.05) is 24.3 Å². The number of nitrogens with zero attached hydrogens (tertiary/aromatic N) is 1. The van der Waals surface area contributed by atoms with E-state index in [2.05, 4.69) is 22.5 Å². The van der Waals surface area contributed by atoms with Crippen molar-refractivity contribution in [3.8, 4) is 0 Å². The Hall–Kier alpha value is -2.57. The van der Waals surface area contributed by atoms with Gasteiger partial charge in [0.1, 0.15) is 11.2 Å². The minimum Gasteiger partial charge on any atom is -0.444 e. The maximum atomic E-state index is 12.1. The van der Waals surface area contributed by atoms with Gasteiger partial charge < -0.3 is 9.47 Å². The molecular weight excluding hydrogens is 346 g/mol. The van der Waals surface area contributed by atoms with Gasteiger partial charge in [-0.2, -0.15) is 0 Å². The third-order valence-corrected chi connectivity index (χ3v) is 3.15. The van der Waals surface area contributed by atoms with Crippen LogP contribution in [0.5, 0.6) is 0 Å². The van der Waals surface area contributed by atoms with Crippen LogP contribution in [0.2, 0.25) is 0 Å². The molecule has 0 bridgehead atoms. The summed E-state index contributed by atoms with van der Waals surface area (Å²) in [4.78, 5) is 28.5. The standard InChI is InChI=1S/C20H31N3O4/c1-8-14-11-9-10-12-15(14)13-21-16(22-17(24)26-19(2,3)4)23-18(25)27-20(5,6)7/h9-12H,8,13H2,1-7H3,(H2,21,22,23,24,25). The van der Waals surface area contributed by atoms with Crippen molar-refractivity contribution in [1.82, 2.24) is 10.6 Å². The van der Waals surface area contributed by atoms with Crippen LogP contribution in [0.1, 0.15) is 59.6 Å². The van der Waals surface area contributed by atoms with Crippen LogP contribution in [0.3, 0.4) is 0 Å². The van der Waals surface area contributed by atoms with Crippen molar-refractivity contribution in [3.63, 3.8) is 0 Å². The summed E-state index contributed by atoms with van der Waals surface area (Å²) in [6, 6.07) is 7.87. The zero-order valence-electron chi connectivity index (χ0n) is 17.3. The average molecular weight is 377 g/mol. The quantitative estimate of drug-likeness (QED) is 0.611. The molecule has 0 unspecified atom stereocenters. The van der Waals surface area contributed by atoms with Gasteiger partial charge in [-0.15, -0.1) is 0 Å². The Kier molecular flexibility index (Phi) is 7.82. The SMILES string of the molecule is CCc1ccccc1CN=C(NC(=O)OC(C)(C)C)NC(=O)OC(C)(C)C. The Balaban J connectivity index is 2.94. The number of hydrogen-bond donors (Lipinski definition) is 2. The van der Waals surface area contributed by atoms with Gasteiger partial charge >= 0.3 is 12.2 Å². The van der Waals surface area contributed by atoms with Crippen LogP contribution < -0.4 is 10.6 Å². The number of carbonyl (C=O) groups excluding carboxylic acids is 2. The van der Waals surface area contributed by atoms with Crippen LogP contribution in [0.4, 0.5) is 9.59 Å². The molecule has 0 atom stereocenters.